The number of fused-ring (bicyclic) bond motifs is 7. The van der Waals surface area contributed by atoms with Crippen LogP contribution in [0.15, 0.2) is 84.9 Å². The number of para-hydroxylation sites is 2. The first kappa shape index (κ1) is 13.7. The Morgan fingerprint density at radius 1 is 0.731 bits per heavy atom. The lowest BCUT2D eigenvalue weighted by Gasteiger charge is -2.08. The van der Waals surface area contributed by atoms with Crippen LogP contribution in [0.4, 0.5) is 0 Å². The molecule has 0 fully saturated rings. The van der Waals surface area contributed by atoms with E-state index in [1.54, 1.807) is 0 Å². The van der Waals surface area contributed by atoms with Gasteiger partial charge in [-0.25, -0.2) is 4.98 Å². The number of nitrogens with one attached hydrogen (secondary N) is 1. The molecule has 0 bridgehead atoms. The third-order valence-corrected chi connectivity index (χ3v) is 5.11. The highest BCUT2D eigenvalue weighted by molar-refractivity contribution is 6.16. The number of aromatic nitrogens is 3. The van der Waals surface area contributed by atoms with Crippen molar-refractivity contribution in [2.24, 2.45) is 0 Å². The van der Waals surface area contributed by atoms with Crippen LogP contribution in [0.5, 0.6) is 0 Å². The molecule has 0 spiro atoms. The molecule has 6 aromatic rings. The molecule has 0 saturated carbocycles. The molecule has 0 aliphatic heterocycles. The van der Waals surface area contributed by atoms with Crippen LogP contribution in [0, 0.1) is 0 Å². The van der Waals surface area contributed by atoms with Crippen LogP contribution in [0.25, 0.3) is 49.7 Å². The van der Waals surface area contributed by atoms with Crippen molar-refractivity contribution in [2.75, 3.05) is 0 Å². The van der Waals surface area contributed by atoms with E-state index in [-0.39, 0.29) is 0 Å². The fourth-order valence-electron chi connectivity index (χ4n) is 3.97. The minimum Gasteiger partial charge on any atom is -0.339 e. The monoisotopic (exact) mass is 333 g/mol. The number of hydrogen-bond acceptors (Lipinski definition) is 1. The van der Waals surface area contributed by atoms with Gasteiger partial charge in [0.25, 0.3) is 0 Å². The Bertz CT molecular complexity index is 1420. The van der Waals surface area contributed by atoms with Gasteiger partial charge in [0.1, 0.15) is 11.5 Å². The highest BCUT2D eigenvalue weighted by Gasteiger charge is 2.16. The van der Waals surface area contributed by atoms with Gasteiger partial charge in [-0.1, -0.05) is 66.7 Å². The molecule has 1 N–H and O–H groups in total. The third-order valence-electron chi connectivity index (χ3n) is 5.11. The van der Waals surface area contributed by atoms with Gasteiger partial charge in [0, 0.05) is 21.9 Å². The summed E-state index contributed by atoms with van der Waals surface area (Å²) in [5, 5.41) is 3.61. The summed E-state index contributed by atoms with van der Waals surface area (Å²) < 4.78 is 2.28. The second-order valence-electron chi connectivity index (χ2n) is 6.62. The first-order valence-corrected chi connectivity index (χ1v) is 8.76. The quantitative estimate of drug-likeness (QED) is 0.406. The first-order valence-electron chi connectivity index (χ1n) is 8.76. The van der Waals surface area contributed by atoms with Crippen molar-refractivity contribution in [1.82, 2.24) is 14.4 Å². The number of hydrogen-bond donors (Lipinski definition) is 1. The number of rotatable bonds is 1. The molecule has 0 aliphatic rings. The van der Waals surface area contributed by atoms with Crippen LogP contribution in [0.3, 0.4) is 0 Å². The van der Waals surface area contributed by atoms with Gasteiger partial charge in [0.05, 0.1) is 16.4 Å². The molecule has 3 heterocycles. The Balaban J connectivity index is 1.92. The molecule has 0 radical (unpaired) electrons. The van der Waals surface area contributed by atoms with Gasteiger partial charge in [-0.3, -0.25) is 4.40 Å². The summed E-state index contributed by atoms with van der Waals surface area (Å²) in [7, 11) is 0. The van der Waals surface area contributed by atoms with E-state index in [4.69, 9.17) is 4.98 Å². The summed E-state index contributed by atoms with van der Waals surface area (Å²) >= 11 is 0. The van der Waals surface area contributed by atoms with Gasteiger partial charge in [0.2, 0.25) is 0 Å². The Kier molecular flexibility index (Phi) is 2.61. The van der Waals surface area contributed by atoms with Crippen molar-refractivity contribution in [2.45, 2.75) is 0 Å². The molecule has 0 aliphatic carbocycles. The standard InChI is InChI=1S/C23H15N3/c1-2-8-15(9-3-1)23-25-22-21(17-11-5-6-12-18(17)24-22)20-14-16-10-4-7-13-19(16)26(20)23/h1-14,24H. The van der Waals surface area contributed by atoms with Gasteiger partial charge in [-0.15, -0.1) is 0 Å². The number of aromatic amines is 1. The molecule has 3 aromatic carbocycles. The Morgan fingerprint density at radius 2 is 1.50 bits per heavy atom. The van der Waals surface area contributed by atoms with Crippen LogP contribution >= 0.6 is 0 Å². The second kappa shape index (κ2) is 4.96. The lowest BCUT2D eigenvalue weighted by molar-refractivity contribution is 1.16. The predicted molar refractivity (Wildman–Crippen MR) is 107 cm³/mol. The van der Waals surface area contributed by atoms with E-state index in [2.05, 4.69) is 88.2 Å². The van der Waals surface area contributed by atoms with Crippen LogP contribution < -0.4 is 0 Å². The van der Waals surface area contributed by atoms with Crippen molar-refractivity contribution in [3.63, 3.8) is 0 Å². The van der Waals surface area contributed by atoms with Crippen LogP contribution in [-0.4, -0.2) is 14.4 Å². The SMILES string of the molecule is c1ccc(-c2nc3[nH]c4ccccc4c3c3cc4ccccc4n23)cc1. The van der Waals surface area contributed by atoms with Gasteiger partial charge in [-0.2, -0.15) is 0 Å². The average Bonchev–Trinajstić information content (AvgIpc) is 3.26. The zero-order chi connectivity index (χ0) is 17.1. The smallest absolute Gasteiger partial charge is 0.147 e. The Morgan fingerprint density at radius 3 is 2.42 bits per heavy atom. The molecule has 26 heavy (non-hydrogen) atoms. The van der Waals surface area contributed by atoms with E-state index in [1.165, 1.54) is 27.2 Å². The largest absolute Gasteiger partial charge is 0.339 e. The lowest BCUT2D eigenvalue weighted by atomic mass is 10.1. The molecule has 3 nitrogen and oxygen atoms in total. The highest BCUT2D eigenvalue weighted by Crippen LogP contribution is 2.35. The maximum absolute atomic E-state index is 5.04. The topological polar surface area (TPSA) is 33.1 Å². The fraction of sp³-hybridized carbons (Fsp3) is 0. The summed E-state index contributed by atoms with van der Waals surface area (Å²) in [4.78, 5) is 8.54. The zero-order valence-electron chi connectivity index (χ0n) is 14.0. The fourth-order valence-corrected chi connectivity index (χ4v) is 3.97. The molecule has 0 atom stereocenters. The summed E-state index contributed by atoms with van der Waals surface area (Å²) in [5.41, 5.74) is 5.53. The molecular weight excluding hydrogens is 318 g/mol. The van der Waals surface area contributed by atoms with E-state index < -0.39 is 0 Å². The van der Waals surface area contributed by atoms with Gasteiger partial charge >= 0.3 is 0 Å². The second-order valence-corrected chi connectivity index (χ2v) is 6.62. The maximum Gasteiger partial charge on any atom is 0.147 e. The third kappa shape index (κ3) is 1.74. The number of benzene rings is 3. The van der Waals surface area contributed by atoms with E-state index in [0.29, 0.717) is 0 Å². The van der Waals surface area contributed by atoms with Gasteiger partial charge < -0.3 is 4.98 Å². The maximum atomic E-state index is 5.04. The molecule has 3 heteroatoms. The summed E-state index contributed by atoms with van der Waals surface area (Å²) in [6.45, 7) is 0. The number of nitrogens with zero attached hydrogens (tertiary/aromatic N) is 2. The van der Waals surface area contributed by atoms with Crippen molar-refractivity contribution < 1.29 is 0 Å². The van der Waals surface area contributed by atoms with E-state index in [9.17, 15) is 0 Å². The average molecular weight is 333 g/mol. The summed E-state index contributed by atoms with van der Waals surface area (Å²) in [6.07, 6.45) is 0. The Labute approximate surface area is 149 Å². The highest BCUT2D eigenvalue weighted by atomic mass is 15.0. The van der Waals surface area contributed by atoms with Crippen LogP contribution in [0.1, 0.15) is 0 Å². The van der Waals surface area contributed by atoms with Crippen molar-refractivity contribution >= 4 is 38.4 Å². The van der Waals surface area contributed by atoms with E-state index in [0.717, 1.165) is 22.6 Å². The lowest BCUT2D eigenvalue weighted by Crippen LogP contribution is -1.96. The van der Waals surface area contributed by atoms with E-state index in [1.807, 2.05) is 6.07 Å². The van der Waals surface area contributed by atoms with Crippen LogP contribution in [-0.2, 0) is 0 Å². The predicted octanol–water partition coefficient (Wildman–Crippen LogP) is 5.79. The Hall–Kier alpha value is -3.59. The molecular formula is C23H15N3. The molecule has 0 amide bonds. The van der Waals surface area contributed by atoms with Crippen molar-refractivity contribution in [3.05, 3.63) is 84.9 Å². The normalized spacial score (nSPS) is 11.8. The minimum atomic E-state index is 0.931. The minimum absolute atomic E-state index is 0.931. The first-order chi connectivity index (χ1) is 12.9. The molecule has 0 saturated heterocycles. The molecule has 6 rings (SSSR count). The zero-order valence-corrected chi connectivity index (χ0v) is 14.0. The van der Waals surface area contributed by atoms with Crippen LogP contribution in [0.2, 0.25) is 0 Å². The number of H-pyrrole nitrogens is 1. The van der Waals surface area contributed by atoms with Gasteiger partial charge in [0.15, 0.2) is 0 Å². The summed E-state index contributed by atoms with van der Waals surface area (Å²) in [6, 6.07) is 29.6. The van der Waals surface area contributed by atoms with Crippen molar-refractivity contribution in [3.8, 4) is 11.4 Å². The van der Waals surface area contributed by atoms with Gasteiger partial charge in [-0.05, 0) is 18.2 Å². The summed E-state index contributed by atoms with van der Waals surface area (Å²) in [5.74, 6) is 0.959. The molecule has 3 aromatic heterocycles. The van der Waals surface area contributed by atoms with Crippen molar-refractivity contribution in [1.29, 1.82) is 0 Å². The van der Waals surface area contributed by atoms with E-state index >= 15 is 0 Å². The molecule has 122 valence electrons. The molecule has 0 unspecified atom stereocenters.